The highest BCUT2D eigenvalue weighted by atomic mass is 32.2. The van der Waals surface area contributed by atoms with Crippen molar-refractivity contribution >= 4 is 33.5 Å². The van der Waals surface area contributed by atoms with Crippen LogP contribution in [0.3, 0.4) is 0 Å². The Morgan fingerprint density at radius 3 is 2.32 bits per heavy atom. The fraction of sp³-hybridized carbons (Fsp3) is 0.364. The van der Waals surface area contributed by atoms with Gasteiger partial charge in [0.05, 0.1) is 10.6 Å². The summed E-state index contributed by atoms with van der Waals surface area (Å²) in [4.78, 5) is 26.1. The molecule has 0 saturated carbocycles. The second-order valence-electron chi connectivity index (χ2n) is 7.54. The van der Waals surface area contributed by atoms with Crippen molar-refractivity contribution in [2.75, 3.05) is 31.9 Å². The third kappa shape index (κ3) is 5.34. The van der Waals surface area contributed by atoms with Gasteiger partial charge in [0.2, 0.25) is 15.9 Å². The van der Waals surface area contributed by atoms with Crippen LogP contribution in [-0.2, 0) is 14.8 Å². The SMILES string of the molecule is CC(=O)c1ccc(SCC(=O)N2CCN(S(=O)(=O)c3cc(C)ccc3C)CC2)c(F)c1. The van der Waals surface area contributed by atoms with E-state index in [0.29, 0.717) is 15.4 Å². The van der Waals surface area contributed by atoms with Gasteiger partial charge < -0.3 is 4.90 Å². The topological polar surface area (TPSA) is 74.8 Å². The van der Waals surface area contributed by atoms with Crippen LogP contribution in [0.4, 0.5) is 4.39 Å². The zero-order valence-corrected chi connectivity index (χ0v) is 19.4. The second kappa shape index (κ2) is 9.50. The van der Waals surface area contributed by atoms with Gasteiger partial charge in [-0.1, -0.05) is 18.2 Å². The number of benzene rings is 2. The molecule has 1 saturated heterocycles. The lowest BCUT2D eigenvalue weighted by molar-refractivity contribution is -0.129. The first-order chi connectivity index (χ1) is 14.6. The average Bonchev–Trinajstić information content (AvgIpc) is 2.74. The van der Waals surface area contributed by atoms with E-state index in [-0.39, 0.29) is 49.2 Å². The number of carbonyl (C=O) groups excluding carboxylic acids is 2. The number of Topliss-reactive ketones (excluding diaryl/α,β-unsaturated/α-hetero) is 1. The summed E-state index contributed by atoms with van der Waals surface area (Å²) in [5.41, 5.74) is 1.85. The summed E-state index contributed by atoms with van der Waals surface area (Å²) in [5, 5.41) is 0. The monoisotopic (exact) mass is 464 g/mol. The van der Waals surface area contributed by atoms with Crippen LogP contribution in [0, 0.1) is 19.7 Å². The van der Waals surface area contributed by atoms with E-state index in [4.69, 9.17) is 0 Å². The van der Waals surface area contributed by atoms with Crippen LogP contribution >= 0.6 is 11.8 Å². The predicted octanol–water partition coefficient (Wildman–Crippen LogP) is 3.27. The predicted molar refractivity (Wildman–Crippen MR) is 118 cm³/mol. The van der Waals surface area contributed by atoms with Crippen LogP contribution in [0.2, 0.25) is 0 Å². The molecule has 2 aromatic carbocycles. The molecule has 0 radical (unpaired) electrons. The Morgan fingerprint density at radius 1 is 1.03 bits per heavy atom. The van der Waals surface area contributed by atoms with Crippen molar-refractivity contribution in [2.24, 2.45) is 0 Å². The first-order valence-electron chi connectivity index (χ1n) is 9.88. The molecule has 0 aromatic heterocycles. The Hall–Kier alpha value is -2.23. The van der Waals surface area contributed by atoms with E-state index >= 15 is 0 Å². The Bertz CT molecular complexity index is 1110. The smallest absolute Gasteiger partial charge is 0.243 e. The summed E-state index contributed by atoms with van der Waals surface area (Å²) in [5.74, 6) is -0.890. The summed E-state index contributed by atoms with van der Waals surface area (Å²) in [6, 6.07) is 9.55. The Kier molecular flexibility index (Phi) is 7.18. The quantitative estimate of drug-likeness (QED) is 0.485. The number of aryl methyl sites for hydroxylation is 2. The third-order valence-electron chi connectivity index (χ3n) is 5.24. The summed E-state index contributed by atoms with van der Waals surface area (Å²) in [6.45, 7) is 5.99. The molecule has 1 amide bonds. The van der Waals surface area contributed by atoms with Crippen LogP contribution in [0.1, 0.15) is 28.4 Å². The lowest BCUT2D eigenvalue weighted by atomic mass is 10.1. The van der Waals surface area contributed by atoms with Gasteiger partial charge in [0.15, 0.2) is 5.78 Å². The maximum Gasteiger partial charge on any atom is 0.243 e. The summed E-state index contributed by atoms with van der Waals surface area (Å²) < 4.78 is 41.6. The number of ketones is 1. The van der Waals surface area contributed by atoms with Crippen LogP contribution in [0.15, 0.2) is 46.2 Å². The van der Waals surface area contributed by atoms with E-state index in [9.17, 15) is 22.4 Å². The molecular formula is C22H25FN2O4S2. The van der Waals surface area contributed by atoms with Crippen molar-refractivity contribution in [3.8, 4) is 0 Å². The number of carbonyl (C=O) groups is 2. The minimum Gasteiger partial charge on any atom is -0.339 e. The van der Waals surface area contributed by atoms with Gasteiger partial charge in [0.1, 0.15) is 5.82 Å². The summed E-state index contributed by atoms with van der Waals surface area (Å²) in [6.07, 6.45) is 0. The number of hydrogen-bond donors (Lipinski definition) is 0. The molecule has 1 aliphatic rings. The minimum atomic E-state index is -3.62. The van der Waals surface area contributed by atoms with E-state index in [2.05, 4.69) is 0 Å². The zero-order valence-electron chi connectivity index (χ0n) is 17.7. The van der Waals surface area contributed by atoms with E-state index in [1.807, 2.05) is 13.0 Å². The van der Waals surface area contributed by atoms with Gasteiger partial charge in [-0.15, -0.1) is 11.8 Å². The molecule has 0 aliphatic carbocycles. The molecule has 0 unspecified atom stereocenters. The van der Waals surface area contributed by atoms with Gasteiger partial charge in [-0.3, -0.25) is 9.59 Å². The molecule has 1 heterocycles. The number of amides is 1. The molecule has 9 heteroatoms. The highest BCUT2D eigenvalue weighted by molar-refractivity contribution is 8.00. The van der Waals surface area contributed by atoms with Crippen molar-refractivity contribution in [1.29, 1.82) is 0 Å². The molecule has 0 N–H and O–H groups in total. The van der Waals surface area contributed by atoms with Crippen LogP contribution in [-0.4, -0.2) is 61.2 Å². The standard InChI is InChI=1S/C22H25FN2O4S2/c1-15-4-5-16(2)21(12-15)31(28,29)25-10-8-24(9-11-25)22(27)14-30-20-7-6-18(17(3)26)13-19(20)23/h4-7,12-13H,8-11,14H2,1-3H3. The maximum atomic E-state index is 14.1. The molecule has 1 fully saturated rings. The molecular weight excluding hydrogens is 439 g/mol. The summed E-state index contributed by atoms with van der Waals surface area (Å²) >= 11 is 1.07. The Labute approximate surface area is 186 Å². The Balaban J connectivity index is 1.59. The van der Waals surface area contributed by atoms with Crippen LogP contribution in [0.5, 0.6) is 0 Å². The molecule has 6 nitrogen and oxygen atoms in total. The largest absolute Gasteiger partial charge is 0.339 e. The van der Waals surface area contributed by atoms with Gasteiger partial charge in [0.25, 0.3) is 0 Å². The van der Waals surface area contributed by atoms with E-state index in [1.54, 1.807) is 24.0 Å². The molecule has 0 atom stereocenters. The number of halogens is 1. The van der Waals surface area contributed by atoms with Crippen molar-refractivity contribution in [3.63, 3.8) is 0 Å². The molecule has 2 aromatic rings. The van der Waals surface area contributed by atoms with Gasteiger partial charge in [-0.2, -0.15) is 4.31 Å². The average molecular weight is 465 g/mol. The van der Waals surface area contributed by atoms with Crippen molar-refractivity contribution < 1.29 is 22.4 Å². The van der Waals surface area contributed by atoms with E-state index in [1.165, 1.54) is 29.4 Å². The van der Waals surface area contributed by atoms with Gasteiger partial charge in [-0.25, -0.2) is 12.8 Å². The number of piperazine rings is 1. The molecule has 166 valence electrons. The highest BCUT2D eigenvalue weighted by Crippen LogP contribution is 2.25. The second-order valence-corrected chi connectivity index (χ2v) is 10.5. The van der Waals surface area contributed by atoms with Gasteiger partial charge in [0, 0.05) is 36.6 Å². The fourth-order valence-electron chi connectivity index (χ4n) is 3.37. The summed E-state index contributed by atoms with van der Waals surface area (Å²) in [7, 11) is -3.62. The number of hydrogen-bond acceptors (Lipinski definition) is 5. The molecule has 0 bridgehead atoms. The molecule has 0 spiro atoms. The lowest BCUT2D eigenvalue weighted by Gasteiger charge is -2.34. The van der Waals surface area contributed by atoms with Crippen molar-refractivity contribution in [3.05, 3.63) is 58.9 Å². The zero-order chi connectivity index (χ0) is 22.8. The highest BCUT2D eigenvalue weighted by Gasteiger charge is 2.31. The Morgan fingerprint density at radius 2 is 1.71 bits per heavy atom. The van der Waals surface area contributed by atoms with Crippen LogP contribution in [0.25, 0.3) is 0 Å². The molecule has 31 heavy (non-hydrogen) atoms. The maximum absolute atomic E-state index is 14.1. The molecule has 1 aliphatic heterocycles. The number of nitrogens with zero attached hydrogens (tertiary/aromatic N) is 2. The number of rotatable bonds is 6. The number of sulfonamides is 1. The van der Waals surface area contributed by atoms with Crippen LogP contribution < -0.4 is 0 Å². The normalized spacial score (nSPS) is 15.2. The fourth-order valence-corrected chi connectivity index (χ4v) is 5.92. The molecule has 3 rings (SSSR count). The van der Waals surface area contributed by atoms with Crippen molar-refractivity contribution in [2.45, 2.75) is 30.6 Å². The lowest BCUT2D eigenvalue weighted by Crippen LogP contribution is -2.51. The van der Waals surface area contributed by atoms with Gasteiger partial charge in [-0.05, 0) is 50.1 Å². The first kappa shape index (κ1) is 23.4. The number of thioether (sulfide) groups is 1. The van der Waals surface area contributed by atoms with E-state index < -0.39 is 15.8 Å². The van der Waals surface area contributed by atoms with Crippen molar-refractivity contribution in [1.82, 2.24) is 9.21 Å². The minimum absolute atomic E-state index is 0.0417. The van der Waals surface area contributed by atoms with E-state index in [0.717, 1.165) is 17.3 Å². The van der Waals surface area contributed by atoms with Gasteiger partial charge >= 0.3 is 0 Å². The third-order valence-corrected chi connectivity index (χ3v) is 8.32. The first-order valence-corrected chi connectivity index (χ1v) is 12.3.